The first-order chi connectivity index (χ1) is 21.5. The maximum Gasteiger partial charge on any atom is 0.272 e. The van der Waals surface area contributed by atoms with Gasteiger partial charge in [-0.25, -0.2) is 0 Å². The van der Waals surface area contributed by atoms with Gasteiger partial charge >= 0.3 is 0 Å². The number of hydrogen-bond donors (Lipinski definition) is 3. The lowest BCUT2D eigenvalue weighted by molar-refractivity contribution is -0.384. The van der Waals surface area contributed by atoms with Crippen LogP contribution in [0.2, 0.25) is 10.0 Å². The van der Waals surface area contributed by atoms with Crippen molar-refractivity contribution >= 4 is 75.8 Å². The van der Waals surface area contributed by atoms with Gasteiger partial charge in [0, 0.05) is 34.0 Å². The molecule has 0 bridgehead atoms. The van der Waals surface area contributed by atoms with Gasteiger partial charge < -0.3 is 16.0 Å². The molecule has 3 amide bonds. The number of nitrogens with zero attached hydrogens (tertiary/aromatic N) is 1. The lowest BCUT2D eigenvalue weighted by Crippen LogP contribution is -2.30. The summed E-state index contributed by atoms with van der Waals surface area (Å²) in [6, 6.07) is 24.6. The number of anilines is 2. The Balaban J connectivity index is 1.52. The van der Waals surface area contributed by atoms with E-state index in [1.165, 1.54) is 36.0 Å². The molecule has 1 unspecified atom stereocenters. The van der Waals surface area contributed by atoms with E-state index in [1.54, 1.807) is 73.7 Å². The molecule has 1 atom stereocenters. The minimum atomic E-state index is -0.601. The number of hydrogen-bond acceptors (Lipinski definition) is 6. The summed E-state index contributed by atoms with van der Waals surface area (Å²) in [7, 11) is 0. The number of thioether (sulfide) groups is 1. The molecule has 0 spiro atoms. The van der Waals surface area contributed by atoms with Crippen LogP contribution in [0.5, 0.6) is 0 Å². The van der Waals surface area contributed by atoms with Gasteiger partial charge in [-0.2, -0.15) is 0 Å². The van der Waals surface area contributed by atoms with Crippen molar-refractivity contribution < 1.29 is 19.3 Å². The van der Waals surface area contributed by atoms with Crippen LogP contribution in [0.25, 0.3) is 6.08 Å². The molecular formula is C33H28Cl2N4O5S. The first-order valence-electron chi connectivity index (χ1n) is 13.7. The molecule has 0 saturated carbocycles. The van der Waals surface area contributed by atoms with Gasteiger partial charge in [0.05, 0.1) is 20.2 Å². The second-order valence-electron chi connectivity index (χ2n) is 9.76. The molecule has 0 aliphatic heterocycles. The highest BCUT2D eigenvalue weighted by atomic mass is 35.5. The normalized spacial score (nSPS) is 11.8. The van der Waals surface area contributed by atoms with Crippen molar-refractivity contribution in [1.29, 1.82) is 0 Å². The Kier molecular flexibility index (Phi) is 11.4. The minimum absolute atomic E-state index is 0.0564. The number of nitro groups is 1. The molecule has 0 aliphatic carbocycles. The number of nitrogens with one attached hydrogen (secondary N) is 3. The molecule has 0 aliphatic rings. The zero-order chi connectivity index (χ0) is 32.5. The summed E-state index contributed by atoms with van der Waals surface area (Å²) >= 11 is 13.8. The van der Waals surface area contributed by atoms with Gasteiger partial charge in [-0.15, -0.1) is 11.8 Å². The number of halogens is 2. The molecule has 45 heavy (non-hydrogen) atoms. The van der Waals surface area contributed by atoms with Gasteiger partial charge in [-0.1, -0.05) is 66.5 Å². The molecule has 0 radical (unpaired) electrons. The van der Waals surface area contributed by atoms with Crippen LogP contribution >= 0.6 is 35.0 Å². The summed E-state index contributed by atoms with van der Waals surface area (Å²) < 4.78 is 0. The summed E-state index contributed by atoms with van der Waals surface area (Å²) in [6.45, 7) is 3.56. The molecule has 4 rings (SSSR count). The number of carbonyl (C=O) groups is 3. The highest BCUT2D eigenvalue weighted by Gasteiger charge is 2.21. The van der Waals surface area contributed by atoms with Crippen LogP contribution in [0, 0.1) is 17.0 Å². The number of amides is 3. The Morgan fingerprint density at radius 1 is 0.933 bits per heavy atom. The fourth-order valence-corrected chi connectivity index (χ4v) is 5.55. The molecule has 0 aromatic heterocycles. The van der Waals surface area contributed by atoms with Gasteiger partial charge in [0.2, 0.25) is 5.91 Å². The van der Waals surface area contributed by atoms with E-state index in [1.807, 2.05) is 13.0 Å². The third-order valence-electron chi connectivity index (χ3n) is 6.52. The van der Waals surface area contributed by atoms with E-state index in [0.29, 0.717) is 44.4 Å². The van der Waals surface area contributed by atoms with Crippen LogP contribution < -0.4 is 16.0 Å². The standard InChI is InChI=1S/C33H28Cl2N4O5S/c1-3-29(33(42)37-27-16-15-24(39(43)44)17-20(27)2)45-25-13-8-12-23(19-25)36-32(41)28(18-22-11-7-14-26(34)30(22)35)38-31(40)21-9-5-4-6-10-21/h4-19,29H,3H2,1-2H3,(H,36,41)(H,37,42)(H,38,40)/b28-18+. The number of rotatable bonds is 11. The highest BCUT2D eigenvalue weighted by Crippen LogP contribution is 2.30. The monoisotopic (exact) mass is 662 g/mol. The quantitative estimate of drug-likeness (QED) is 0.0643. The van der Waals surface area contributed by atoms with Gasteiger partial charge in [0.15, 0.2) is 0 Å². The Labute approximate surface area is 274 Å². The van der Waals surface area contributed by atoms with Crippen molar-refractivity contribution in [3.05, 3.63) is 134 Å². The molecule has 12 heteroatoms. The van der Waals surface area contributed by atoms with Gasteiger partial charge in [0.1, 0.15) is 5.70 Å². The van der Waals surface area contributed by atoms with E-state index in [2.05, 4.69) is 16.0 Å². The largest absolute Gasteiger partial charge is 0.325 e. The van der Waals surface area contributed by atoms with E-state index in [0.717, 1.165) is 0 Å². The lowest BCUT2D eigenvalue weighted by Gasteiger charge is -2.17. The Morgan fingerprint density at radius 3 is 2.36 bits per heavy atom. The second kappa shape index (κ2) is 15.4. The second-order valence-corrected chi connectivity index (χ2v) is 11.8. The van der Waals surface area contributed by atoms with Crippen LogP contribution in [0.3, 0.4) is 0 Å². The fraction of sp³-hybridized carbons (Fsp3) is 0.121. The Hall–Kier alpha value is -4.64. The molecule has 4 aromatic carbocycles. The van der Waals surface area contributed by atoms with Gasteiger partial charge in [0.25, 0.3) is 17.5 Å². The molecule has 0 fully saturated rings. The van der Waals surface area contributed by atoms with Gasteiger partial charge in [-0.05, 0) is 73.0 Å². The summed E-state index contributed by atoms with van der Waals surface area (Å²) in [4.78, 5) is 50.8. The molecule has 0 heterocycles. The SMILES string of the molecule is CCC(Sc1cccc(NC(=O)/C(=C\c2cccc(Cl)c2Cl)NC(=O)c2ccccc2)c1)C(=O)Nc1ccc([N+](=O)[O-])cc1C. The number of carbonyl (C=O) groups excluding carboxylic acids is 3. The van der Waals surface area contributed by atoms with Crippen molar-refractivity contribution in [2.45, 2.75) is 30.4 Å². The number of non-ortho nitro benzene ring substituents is 1. The fourth-order valence-electron chi connectivity index (χ4n) is 4.18. The maximum atomic E-state index is 13.5. The van der Waals surface area contributed by atoms with Crippen LogP contribution in [-0.2, 0) is 9.59 Å². The van der Waals surface area contributed by atoms with E-state index in [4.69, 9.17) is 23.2 Å². The van der Waals surface area contributed by atoms with Gasteiger partial charge in [-0.3, -0.25) is 24.5 Å². The molecule has 3 N–H and O–H groups in total. The van der Waals surface area contributed by atoms with Crippen LogP contribution in [-0.4, -0.2) is 27.9 Å². The minimum Gasteiger partial charge on any atom is -0.325 e. The predicted molar refractivity (Wildman–Crippen MR) is 180 cm³/mol. The third kappa shape index (κ3) is 8.95. The average molecular weight is 664 g/mol. The van der Waals surface area contributed by atoms with E-state index in [-0.39, 0.29) is 22.3 Å². The summed E-state index contributed by atoms with van der Waals surface area (Å²) in [5.41, 5.74) is 2.18. The maximum absolute atomic E-state index is 13.5. The summed E-state index contributed by atoms with van der Waals surface area (Å²) in [6.07, 6.45) is 1.94. The summed E-state index contributed by atoms with van der Waals surface area (Å²) in [5.74, 6) is -1.35. The number of nitro benzene ring substituents is 1. The topological polar surface area (TPSA) is 130 Å². The Bertz CT molecular complexity index is 1780. The first-order valence-corrected chi connectivity index (χ1v) is 15.3. The molecule has 4 aromatic rings. The zero-order valence-corrected chi connectivity index (χ0v) is 26.5. The van der Waals surface area contributed by atoms with E-state index in [9.17, 15) is 24.5 Å². The smallest absolute Gasteiger partial charge is 0.272 e. The van der Waals surface area contributed by atoms with Crippen LogP contribution in [0.1, 0.15) is 34.8 Å². The van der Waals surface area contributed by atoms with Crippen molar-refractivity contribution in [2.24, 2.45) is 0 Å². The van der Waals surface area contributed by atoms with Crippen molar-refractivity contribution in [1.82, 2.24) is 5.32 Å². The van der Waals surface area contributed by atoms with E-state index >= 15 is 0 Å². The Morgan fingerprint density at radius 2 is 1.67 bits per heavy atom. The predicted octanol–water partition coefficient (Wildman–Crippen LogP) is 8.13. The summed E-state index contributed by atoms with van der Waals surface area (Å²) in [5, 5.41) is 19.4. The average Bonchev–Trinajstić information content (AvgIpc) is 3.03. The third-order valence-corrected chi connectivity index (χ3v) is 8.71. The number of aryl methyl sites for hydroxylation is 1. The molecular weight excluding hydrogens is 635 g/mol. The van der Waals surface area contributed by atoms with Crippen LogP contribution in [0.15, 0.2) is 102 Å². The molecule has 0 saturated heterocycles. The first kappa shape index (κ1) is 33.3. The zero-order valence-electron chi connectivity index (χ0n) is 24.2. The number of benzene rings is 4. The van der Waals surface area contributed by atoms with E-state index < -0.39 is 22.0 Å². The highest BCUT2D eigenvalue weighted by molar-refractivity contribution is 8.00. The molecule has 230 valence electrons. The van der Waals surface area contributed by atoms with Crippen LogP contribution in [0.4, 0.5) is 17.1 Å². The lowest BCUT2D eigenvalue weighted by atomic mass is 10.1. The van der Waals surface area contributed by atoms with Crippen molar-refractivity contribution in [3.63, 3.8) is 0 Å². The van der Waals surface area contributed by atoms with Crippen molar-refractivity contribution in [2.75, 3.05) is 10.6 Å². The van der Waals surface area contributed by atoms with Crippen molar-refractivity contribution in [3.8, 4) is 0 Å². The molecule has 9 nitrogen and oxygen atoms in total.